The summed E-state index contributed by atoms with van der Waals surface area (Å²) in [6, 6.07) is 0.139. The minimum atomic E-state index is -0.647. The first-order valence-corrected chi connectivity index (χ1v) is 7.74. The van der Waals surface area contributed by atoms with Crippen molar-refractivity contribution in [3.05, 3.63) is 0 Å². The quantitative estimate of drug-likeness (QED) is 0.790. The standard InChI is InChI=1S/C15H27NO2/c17-15(18)14(11-12-7-3-1-4-8-12)16-13-9-5-2-6-10-13/h12-14,16H,1-11H2,(H,17,18). The predicted octanol–water partition coefficient (Wildman–Crippen LogP) is 3.33. The minimum absolute atomic E-state index is 0.309. The molecule has 2 fully saturated rings. The fraction of sp³-hybridized carbons (Fsp3) is 0.933. The van der Waals surface area contributed by atoms with Gasteiger partial charge in [-0.05, 0) is 25.2 Å². The highest BCUT2D eigenvalue weighted by molar-refractivity contribution is 5.73. The van der Waals surface area contributed by atoms with Crippen molar-refractivity contribution in [3.8, 4) is 0 Å². The lowest BCUT2D eigenvalue weighted by molar-refractivity contribution is -0.140. The van der Waals surface area contributed by atoms with Gasteiger partial charge in [0.25, 0.3) is 0 Å². The molecule has 1 atom stereocenters. The number of hydrogen-bond donors (Lipinski definition) is 2. The Morgan fingerprint density at radius 1 is 1.00 bits per heavy atom. The molecule has 2 aliphatic carbocycles. The topological polar surface area (TPSA) is 49.3 Å². The molecule has 0 heterocycles. The van der Waals surface area contributed by atoms with E-state index < -0.39 is 5.97 Å². The van der Waals surface area contributed by atoms with Crippen molar-refractivity contribution < 1.29 is 9.90 Å². The van der Waals surface area contributed by atoms with Gasteiger partial charge in [0.15, 0.2) is 0 Å². The lowest BCUT2D eigenvalue weighted by Crippen LogP contribution is -2.45. The third kappa shape index (κ3) is 4.27. The lowest BCUT2D eigenvalue weighted by Gasteiger charge is -2.30. The molecule has 0 spiro atoms. The summed E-state index contributed by atoms with van der Waals surface area (Å²) in [6.07, 6.45) is 13.4. The molecule has 0 aromatic carbocycles. The molecule has 0 aromatic heterocycles. The first-order chi connectivity index (χ1) is 8.75. The Balaban J connectivity index is 1.80. The van der Waals surface area contributed by atoms with Gasteiger partial charge in [-0.15, -0.1) is 0 Å². The van der Waals surface area contributed by atoms with Crippen molar-refractivity contribution in [1.29, 1.82) is 0 Å². The SMILES string of the molecule is O=C(O)C(CC1CCCCC1)NC1CCCCC1. The Labute approximate surface area is 110 Å². The van der Waals surface area contributed by atoms with Gasteiger partial charge >= 0.3 is 5.97 Å². The molecule has 3 nitrogen and oxygen atoms in total. The first kappa shape index (κ1) is 13.9. The van der Waals surface area contributed by atoms with Crippen LogP contribution in [-0.2, 0) is 4.79 Å². The van der Waals surface area contributed by atoms with Crippen LogP contribution in [0, 0.1) is 5.92 Å². The normalized spacial score (nSPS) is 24.9. The number of rotatable bonds is 5. The largest absolute Gasteiger partial charge is 0.480 e. The van der Waals surface area contributed by atoms with E-state index in [1.165, 1.54) is 51.4 Å². The van der Waals surface area contributed by atoms with Crippen LogP contribution in [0.4, 0.5) is 0 Å². The number of hydrogen-bond acceptors (Lipinski definition) is 2. The van der Waals surface area contributed by atoms with Gasteiger partial charge in [-0.25, -0.2) is 0 Å². The van der Waals surface area contributed by atoms with E-state index in [0.717, 1.165) is 19.3 Å². The molecular formula is C15H27NO2. The molecule has 1 unspecified atom stereocenters. The van der Waals surface area contributed by atoms with Crippen LogP contribution < -0.4 is 5.32 Å². The summed E-state index contributed by atoms with van der Waals surface area (Å²) in [6.45, 7) is 0. The van der Waals surface area contributed by atoms with Crippen molar-refractivity contribution in [2.75, 3.05) is 0 Å². The van der Waals surface area contributed by atoms with E-state index in [-0.39, 0.29) is 6.04 Å². The van der Waals surface area contributed by atoms with E-state index in [1.54, 1.807) is 0 Å². The van der Waals surface area contributed by atoms with Crippen LogP contribution in [0.15, 0.2) is 0 Å². The van der Waals surface area contributed by atoms with Crippen molar-refractivity contribution in [2.45, 2.75) is 82.7 Å². The molecule has 104 valence electrons. The molecule has 2 N–H and O–H groups in total. The van der Waals surface area contributed by atoms with Crippen LogP contribution in [0.1, 0.15) is 70.6 Å². The fourth-order valence-corrected chi connectivity index (χ4v) is 3.55. The van der Waals surface area contributed by atoms with E-state index in [2.05, 4.69) is 5.32 Å². The highest BCUT2D eigenvalue weighted by Crippen LogP contribution is 2.28. The van der Waals surface area contributed by atoms with Crippen molar-refractivity contribution in [1.82, 2.24) is 5.32 Å². The van der Waals surface area contributed by atoms with Crippen LogP contribution in [0.25, 0.3) is 0 Å². The Morgan fingerprint density at radius 3 is 2.11 bits per heavy atom. The summed E-state index contributed by atoms with van der Waals surface area (Å²) in [5.41, 5.74) is 0. The number of carboxylic acids is 1. The van der Waals surface area contributed by atoms with Gasteiger partial charge in [0.05, 0.1) is 0 Å². The molecule has 0 aromatic rings. The van der Waals surface area contributed by atoms with E-state index in [0.29, 0.717) is 12.0 Å². The summed E-state index contributed by atoms with van der Waals surface area (Å²) >= 11 is 0. The van der Waals surface area contributed by atoms with Crippen molar-refractivity contribution in [3.63, 3.8) is 0 Å². The first-order valence-electron chi connectivity index (χ1n) is 7.74. The summed E-state index contributed by atoms with van der Waals surface area (Å²) in [5.74, 6) is -0.0120. The van der Waals surface area contributed by atoms with Gasteiger partial charge in [0.2, 0.25) is 0 Å². The van der Waals surface area contributed by atoms with E-state index >= 15 is 0 Å². The van der Waals surface area contributed by atoms with Gasteiger partial charge in [0, 0.05) is 6.04 Å². The summed E-state index contributed by atoms with van der Waals surface area (Å²) < 4.78 is 0. The molecule has 2 saturated carbocycles. The third-order valence-corrected chi connectivity index (χ3v) is 4.63. The highest BCUT2D eigenvalue weighted by Gasteiger charge is 2.26. The average molecular weight is 253 g/mol. The highest BCUT2D eigenvalue weighted by atomic mass is 16.4. The monoisotopic (exact) mass is 253 g/mol. The average Bonchev–Trinajstić information content (AvgIpc) is 2.40. The zero-order valence-corrected chi connectivity index (χ0v) is 11.4. The van der Waals surface area contributed by atoms with Crippen molar-refractivity contribution in [2.24, 2.45) is 5.92 Å². The molecule has 18 heavy (non-hydrogen) atoms. The molecule has 0 amide bonds. The summed E-state index contributed by atoms with van der Waals surface area (Å²) in [5, 5.41) is 12.8. The number of nitrogens with one attached hydrogen (secondary N) is 1. The maximum absolute atomic E-state index is 11.4. The second-order valence-corrected chi connectivity index (χ2v) is 6.13. The van der Waals surface area contributed by atoms with Gasteiger partial charge in [-0.1, -0.05) is 51.4 Å². The molecule has 0 bridgehead atoms. The van der Waals surface area contributed by atoms with Crippen LogP contribution in [0.2, 0.25) is 0 Å². The van der Waals surface area contributed by atoms with Gasteiger partial charge in [-0.2, -0.15) is 0 Å². The van der Waals surface area contributed by atoms with Gasteiger partial charge in [-0.3, -0.25) is 4.79 Å². The predicted molar refractivity (Wildman–Crippen MR) is 72.6 cm³/mol. The molecule has 2 aliphatic rings. The Bertz CT molecular complexity index is 235. The molecule has 3 heteroatoms. The zero-order valence-electron chi connectivity index (χ0n) is 11.4. The summed E-state index contributed by atoms with van der Waals surface area (Å²) in [7, 11) is 0. The molecule has 0 aliphatic heterocycles. The Kier molecular flexibility index (Phi) is 5.48. The second kappa shape index (κ2) is 7.13. The number of carboxylic acid groups (broad SMARTS) is 1. The van der Waals surface area contributed by atoms with E-state index in [1.807, 2.05) is 0 Å². The molecule has 2 rings (SSSR count). The smallest absolute Gasteiger partial charge is 0.320 e. The molecular weight excluding hydrogens is 226 g/mol. The Hall–Kier alpha value is -0.570. The maximum atomic E-state index is 11.4. The molecule has 0 radical (unpaired) electrons. The minimum Gasteiger partial charge on any atom is -0.480 e. The van der Waals surface area contributed by atoms with Crippen LogP contribution in [0.3, 0.4) is 0 Å². The Morgan fingerprint density at radius 2 is 1.56 bits per heavy atom. The fourth-order valence-electron chi connectivity index (χ4n) is 3.55. The van der Waals surface area contributed by atoms with E-state index in [4.69, 9.17) is 0 Å². The van der Waals surface area contributed by atoms with Crippen LogP contribution in [-0.4, -0.2) is 23.2 Å². The maximum Gasteiger partial charge on any atom is 0.320 e. The van der Waals surface area contributed by atoms with Crippen LogP contribution in [0.5, 0.6) is 0 Å². The number of carbonyl (C=O) groups is 1. The van der Waals surface area contributed by atoms with E-state index in [9.17, 15) is 9.90 Å². The third-order valence-electron chi connectivity index (χ3n) is 4.63. The van der Waals surface area contributed by atoms with Gasteiger partial charge < -0.3 is 10.4 Å². The zero-order chi connectivity index (χ0) is 12.8. The van der Waals surface area contributed by atoms with Crippen molar-refractivity contribution >= 4 is 5.97 Å². The number of aliphatic carboxylic acids is 1. The lowest BCUT2D eigenvalue weighted by atomic mass is 9.84. The molecule has 0 saturated heterocycles. The van der Waals surface area contributed by atoms with Crippen LogP contribution >= 0.6 is 0 Å². The van der Waals surface area contributed by atoms with Gasteiger partial charge in [0.1, 0.15) is 6.04 Å². The second-order valence-electron chi connectivity index (χ2n) is 6.13. The summed E-state index contributed by atoms with van der Waals surface area (Å²) in [4.78, 5) is 11.4.